The molecule has 1 aliphatic rings. The number of thioether (sulfide) groups is 1. The summed E-state index contributed by atoms with van der Waals surface area (Å²) in [6.07, 6.45) is 1.28. The van der Waals surface area contributed by atoms with Crippen molar-refractivity contribution in [2.24, 2.45) is 0 Å². The van der Waals surface area contributed by atoms with Gasteiger partial charge in [-0.3, -0.25) is 0 Å². The summed E-state index contributed by atoms with van der Waals surface area (Å²) in [5, 5.41) is 4.03. The lowest BCUT2D eigenvalue weighted by Crippen LogP contribution is -2.25. The Morgan fingerprint density at radius 2 is 1.61 bits per heavy atom. The fraction of sp³-hybridized carbons (Fsp3) is 0.250. The van der Waals surface area contributed by atoms with Gasteiger partial charge in [-0.1, -0.05) is 54.6 Å². The molecular weight excluding hydrogens is 238 g/mol. The molecule has 1 fully saturated rings. The zero-order chi connectivity index (χ0) is 12.2. The second-order valence-electron chi connectivity index (χ2n) is 4.55. The second kappa shape index (κ2) is 5.59. The Bertz CT molecular complexity index is 486. The number of hydrogen-bond donors (Lipinski definition) is 1. The van der Waals surface area contributed by atoms with Crippen molar-refractivity contribution in [1.82, 2.24) is 5.32 Å². The van der Waals surface area contributed by atoms with Crippen LogP contribution in [-0.4, -0.2) is 12.3 Å². The molecular formula is C16H17NS. The molecule has 1 N–H and O–H groups in total. The molecule has 0 aliphatic carbocycles. The third-order valence-corrected chi connectivity index (χ3v) is 4.55. The Morgan fingerprint density at radius 3 is 2.28 bits per heavy atom. The fourth-order valence-electron chi connectivity index (χ4n) is 2.26. The Kier molecular flexibility index (Phi) is 3.67. The molecule has 2 aromatic rings. The van der Waals surface area contributed by atoms with Gasteiger partial charge < -0.3 is 5.32 Å². The van der Waals surface area contributed by atoms with Crippen LogP contribution in [0, 0.1) is 0 Å². The molecule has 0 saturated carbocycles. The number of nitrogens with one attached hydrogen (secondary N) is 1. The lowest BCUT2D eigenvalue weighted by Gasteiger charge is -2.23. The molecule has 1 nitrogen and oxygen atoms in total. The van der Waals surface area contributed by atoms with E-state index in [1.54, 1.807) is 0 Å². The molecule has 0 amide bonds. The molecule has 0 bridgehead atoms. The third-order valence-electron chi connectivity index (χ3n) is 3.26. The van der Waals surface area contributed by atoms with Crippen LogP contribution in [0.5, 0.6) is 0 Å². The van der Waals surface area contributed by atoms with Crippen LogP contribution in [0.1, 0.15) is 17.4 Å². The molecule has 92 valence electrons. The van der Waals surface area contributed by atoms with E-state index in [1.165, 1.54) is 28.9 Å². The maximum Gasteiger partial charge on any atom is 0.0789 e. The standard InChI is InChI=1S/C16H17NS/c1-2-5-13(6-3-1)14-7-9-15(10-8-14)16-17-11-4-12-18-16/h1-3,5-10,16-17H,4,11-12H2. The highest BCUT2D eigenvalue weighted by molar-refractivity contribution is 7.99. The number of rotatable bonds is 2. The minimum Gasteiger partial charge on any atom is -0.302 e. The van der Waals surface area contributed by atoms with Crippen LogP contribution in [0.4, 0.5) is 0 Å². The highest BCUT2D eigenvalue weighted by Gasteiger charge is 2.14. The largest absolute Gasteiger partial charge is 0.302 e. The predicted octanol–water partition coefficient (Wildman–Crippen LogP) is 4.08. The zero-order valence-corrected chi connectivity index (χ0v) is 11.1. The summed E-state index contributed by atoms with van der Waals surface area (Å²) >= 11 is 2.01. The molecule has 1 atom stereocenters. The van der Waals surface area contributed by atoms with Gasteiger partial charge in [-0.05, 0) is 35.4 Å². The average Bonchev–Trinajstić information content (AvgIpc) is 2.49. The topological polar surface area (TPSA) is 12.0 Å². The van der Waals surface area contributed by atoms with Crippen molar-refractivity contribution >= 4 is 11.8 Å². The SMILES string of the molecule is c1ccc(-c2ccc(C3NCCCS3)cc2)cc1. The minimum absolute atomic E-state index is 0.476. The molecule has 2 heteroatoms. The van der Waals surface area contributed by atoms with Gasteiger partial charge >= 0.3 is 0 Å². The van der Waals surface area contributed by atoms with Crippen LogP contribution in [0.25, 0.3) is 11.1 Å². The van der Waals surface area contributed by atoms with Gasteiger partial charge in [0.05, 0.1) is 5.37 Å². The summed E-state index contributed by atoms with van der Waals surface area (Å²) in [6.45, 7) is 1.14. The van der Waals surface area contributed by atoms with E-state index in [0.717, 1.165) is 6.54 Å². The first kappa shape index (κ1) is 11.8. The Hall–Kier alpha value is -1.25. The van der Waals surface area contributed by atoms with Gasteiger partial charge in [-0.25, -0.2) is 0 Å². The second-order valence-corrected chi connectivity index (χ2v) is 5.76. The van der Waals surface area contributed by atoms with Crippen LogP contribution in [-0.2, 0) is 0 Å². The molecule has 0 aromatic heterocycles. The van der Waals surface area contributed by atoms with Crippen LogP contribution < -0.4 is 5.32 Å². The van der Waals surface area contributed by atoms with Crippen molar-refractivity contribution in [2.45, 2.75) is 11.8 Å². The van der Waals surface area contributed by atoms with E-state index in [9.17, 15) is 0 Å². The lowest BCUT2D eigenvalue weighted by atomic mass is 10.0. The fourth-order valence-corrected chi connectivity index (χ4v) is 3.39. The summed E-state index contributed by atoms with van der Waals surface area (Å²) in [5.41, 5.74) is 3.97. The van der Waals surface area contributed by atoms with E-state index in [-0.39, 0.29) is 0 Å². The maximum atomic E-state index is 3.56. The molecule has 3 rings (SSSR count). The average molecular weight is 255 g/mol. The first-order valence-electron chi connectivity index (χ1n) is 6.44. The molecule has 2 aromatic carbocycles. The van der Waals surface area contributed by atoms with E-state index >= 15 is 0 Å². The van der Waals surface area contributed by atoms with Gasteiger partial charge in [0.25, 0.3) is 0 Å². The first-order valence-corrected chi connectivity index (χ1v) is 7.49. The van der Waals surface area contributed by atoms with Crippen LogP contribution >= 0.6 is 11.8 Å². The van der Waals surface area contributed by atoms with Gasteiger partial charge in [0.15, 0.2) is 0 Å². The monoisotopic (exact) mass is 255 g/mol. The Labute approximate surface area is 113 Å². The molecule has 0 radical (unpaired) electrons. The maximum absolute atomic E-state index is 3.56. The van der Waals surface area contributed by atoms with Crippen molar-refractivity contribution in [3.05, 3.63) is 60.2 Å². The zero-order valence-electron chi connectivity index (χ0n) is 10.3. The van der Waals surface area contributed by atoms with Gasteiger partial charge in [-0.2, -0.15) is 0 Å². The summed E-state index contributed by atoms with van der Waals surface area (Å²) in [4.78, 5) is 0. The van der Waals surface area contributed by atoms with E-state index < -0.39 is 0 Å². The van der Waals surface area contributed by atoms with Gasteiger partial charge in [-0.15, -0.1) is 11.8 Å². The molecule has 18 heavy (non-hydrogen) atoms. The van der Waals surface area contributed by atoms with E-state index in [1.807, 2.05) is 11.8 Å². The van der Waals surface area contributed by atoms with Crippen molar-refractivity contribution in [3.8, 4) is 11.1 Å². The smallest absolute Gasteiger partial charge is 0.0789 e. The molecule has 1 saturated heterocycles. The quantitative estimate of drug-likeness (QED) is 0.868. The van der Waals surface area contributed by atoms with Crippen molar-refractivity contribution < 1.29 is 0 Å². The van der Waals surface area contributed by atoms with Gasteiger partial charge in [0.2, 0.25) is 0 Å². The van der Waals surface area contributed by atoms with Crippen molar-refractivity contribution in [3.63, 3.8) is 0 Å². The lowest BCUT2D eigenvalue weighted by molar-refractivity contribution is 0.643. The molecule has 1 aliphatic heterocycles. The van der Waals surface area contributed by atoms with E-state index in [2.05, 4.69) is 59.9 Å². The summed E-state index contributed by atoms with van der Waals surface area (Å²) in [7, 11) is 0. The minimum atomic E-state index is 0.476. The Balaban J connectivity index is 1.80. The molecule has 1 unspecified atom stereocenters. The number of hydrogen-bond acceptors (Lipinski definition) is 2. The van der Waals surface area contributed by atoms with Crippen molar-refractivity contribution in [1.29, 1.82) is 0 Å². The predicted molar refractivity (Wildman–Crippen MR) is 79.7 cm³/mol. The van der Waals surface area contributed by atoms with Crippen LogP contribution in [0.3, 0.4) is 0 Å². The van der Waals surface area contributed by atoms with Crippen molar-refractivity contribution in [2.75, 3.05) is 12.3 Å². The van der Waals surface area contributed by atoms with Gasteiger partial charge in [0, 0.05) is 0 Å². The number of benzene rings is 2. The van der Waals surface area contributed by atoms with Crippen LogP contribution in [0.15, 0.2) is 54.6 Å². The van der Waals surface area contributed by atoms with Crippen LogP contribution in [0.2, 0.25) is 0 Å². The van der Waals surface area contributed by atoms with Gasteiger partial charge in [0.1, 0.15) is 0 Å². The van der Waals surface area contributed by atoms with E-state index in [0.29, 0.717) is 5.37 Å². The highest BCUT2D eigenvalue weighted by atomic mass is 32.2. The summed E-state index contributed by atoms with van der Waals surface area (Å²) < 4.78 is 0. The first-order chi connectivity index (χ1) is 8.93. The third kappa shape index (κ3) is 2.60. The summed E-state index contributed by atoms with van der Waals surface area (Å²) in [6, 6.07) is 19.5. The highest BCUT2D eigenvalue weighted by Crippen LogP contribution is 2.30. The summed E-state index contributed by atoms with van der Waals surface area (Å²) in [5.74, 6) is 1.26. The Morgan fingerprint density at radius 1 is 0.889 bits per heavy atom. The van der Waals surface area contributed by atoms with E-state index in [4.69, 9.17) is 0 Å². The molecule has 1 heterocycles. The molecule has 0 spiro atoms. The normalized spacial score (nSPS) is 19.7.